The van der Waals surface area contributed by atoms with E-state index >= 15 is 0 Å². The standard InChI is InChI=1S/C32H26F5N9/c1-30(2,32(35,36)37)17-42-27-19(14-39)15-41-26-18(13-38)11-20(12-23(26)27)43-28(22-5-3-7-24-21(22)6-4-10-40-24)25-16-46(45-44-25)31(8-9-31)29(33)34/h3-7,10-12,15-16,28-29,43H,8-9,17H2,1-2H3,(H,41,42). The average Bonchev–Trinajstić information content (AvgIpc) is 3.71. The minimum absolute atomic E-state index is 0.00661. The summed E-state index contributed by atoms with van der Waals surface area (Å²) in [4.78, 5) is 8.69. The Bertz CT molecular complexity index is 2030. The molecule has 14 heteroatoms. The molecule has 5 aromatic rings. The van der Waals surface area contributed by atoms with Crippen LogP contribution >= 0.6 is 0 Å². The van der Waals surface area contributed by atoms with E-state index in [1.807, 2.05) is 24.3 Å². The molecule has 1 aliphatic rings. The number of halogens is 5. The molecule has 2 N–H and O–H groups in total. The molecule has 3 heterocycles. The number of pyridine rings is 2. The van der Waals surface area contributed by atoms with Crippen LogP contribution in [0.2, 0.25) is 0 Å². The van der Waals surface area contributed by atoms with Crippen molar-refractivity contribution >= 4 is 33.2 Å². The summed E-state index contributed by atoms with van der Waals surface area (Å²) in [5.41, 5.74) is -1.18. The molecule has 1 saturated carbocycles. The van der Waals surface area contributed by atoms with E-state index < -0.39 is 36.1 Å². The van der Waals surface area contributed by atoms with E-state index in [0.717, 1.165) is 19.2 Å². The molecule has 0 aliphatic heterocycles. The summed E-state index contributed by atoms with van der Waals surface area (Å²) in [6, 6.07) is 15.4. The maximum Gasteiger partial charge on any atom is 0.395 e. The van der Waals surface area contributed by atoms with Crippen molar-refractivity contribution in [3.8, 4) is 12.1 Å². The molecule has 1 atom stereocenters. The Morgan fingerprint density at radius 1 is 1.00 bits per heavy atom. The summed E-state index contributed by atoms with van der Waals surface area (Å²) < 4.78 is 70.1. The summed E-state index contributed by atoms with van der Waals surface area (Å²) in [7, 11) is 0. The third-order valence-corrected chi connectivity index (χ3v) is 8.42. The van der Waals surface area contributed by atoms with E-state index in [0.29, 0.717) is 22.5 Å². The van der Waals surface area contributed by atoms with Crippen molar-refractivity contribution in [1.82, 2.24) is 25.0 Å². The van der Waals surface area contributed by atoms with E-state index in [-0.39, 0.29) is 40.6 Å². The number of alkyl halides is 5. The van der Waals surface area contributed by atoms with Crippen LogP contribution in [-0.4, -0.2) is 44.1 Å². The van der Waals surface area contributed by atoms with Gasteiger partial charge in [0.2, 0.25) is 0 Å². The number of aromatic nitrogens is 5. The molecule has 0 bridgehead atoms. The number of nitrogens with one attached hydrogen (secondary N) is 2. The fourth-order valence-corrected chi connectivity index (χ4v) is 5.31. The van der Waals surface area contributed by atoms with E-state index in [9.17, 15) is 32.5 Å². The first kappa shape index (κ1) is 30.6. The van der Waals surface area contributed by atoms with Crippen LogP contribution in [0.15, 0.2) is 61.1 Å². The lowest BCUT2D eigenvalue weighted by Gasteiger charge is -2.28. The lowest BCUT2D eigenvalue weighted by atomic mass is 9.92. The SMILES string of the molecule is CC(C)(CNc1c(C#N)cnc2c(C#N)cc(NC(c3cn(C4(C(F)F)CC4)nn3)c3cccc4ncccc34)cc12)C(F)(F)F. The third-order valence-electron chi connectivity index (χ3n) is 8.42. The highest BCUT2D eigenvalue weighted by molar-refractivity contribution is 5.99. The van der Waals surface area contributed by atoms with Crippen LogP contribution in [0, 0.1) is 28.1 Å². The van der Waals surface area contributed by atoms with Gasteiger partial charge in [0, 0.05) is 35.4 Å². The number of anilines is 2. The van der Waals surface area contributed by atoms with Crippen molar-refractivity contribution in [3.63, 3.8) is 0 Å². The van der Waals surface area contributed by atoms with E-state index in [1.165, 1.54) is 23.1 Å². The normalized spacial score (nSPS) is 15.0. The van der Waals surface area contributed by atoms with Gasteiger partial charge in [-0.3, -0.25) is 9.97 Å². The smallest absolute Gasteiger partial charge is 0.382 e. The first-order chi connectivity index (χ1) is 21.9. The Morgan fingerprint density at radius 2 is 1.76 bits per heavy atom. The molecule has 0 saturated heterocycles. The lowest BCUT2D eigenvalue weighted by Crippen LogP contribution is -2.38. The predicted octanol–water partition coefficient (Wildman–Crippen LogP) is 7.07. The Labute approximate surface area is 259 Å². The summed E-state index contributed by atoms with van der Waals surface area (Å²) in [6.07, 6.45) is -2.32. The van der Waals surface area contributed by atoms with Crippen LogP contribution in [0.4, 0.5) is 33.3 Å². The molecule has 9 nitrogen and oxygen atoms in total. The van der Waals surface area contributed by atoms with Gasteiger partial charge in [0.25, 0.3) is 6.43 Å². The molecule has 3 aromatic heterocycles. The Kier molecular flexibility index (Phi) is 7.47. The number of nitriles is 2. The van der Waals surface area contributed by atoms with Crippen LogP contribution in [0.5, 0.6) is 0 Å². The van der Waals surface area contributed by atoms with Gasteiger partial charge in [0.15, 0.2) is 0 Å². The van der Waals surface area contributed by atoms with Crippen molar-refractivity contribution in [3.05, 3.63) is 83.4 Å². The quantitative estimate of drug-likeness (QED) is 0.165. The minimum Gasteiger partial charge on any atom is -0.382 e. The summed E-state index contributed by atoms with van der Waals surface area (Å²) >= 11 is 0. The highest BCUT2D eigenvalue weighted by Crippen LogP contribution is 2.48. The number of rotatable bonds is 9. The number of nitrogens with zero attached hydrogens (tertiary/aromatic N) is 7. The second kappa shape index (κ2) is 11.2. The second-order valence-electron chi connectivity index (χ2n) is 11.9. The number of benzene rings is 2. The molecule has 46 heavy (non-hydrogen) atoms. The van der Waals surface area contributed by atoms with E-state index in [1.54, 1.807) is 24.4 Å². The van der Waals surface area contributed by atoms with Crippen molar-refractivity contribution in [2.75, 3.05) is 17.2 Å². The molecule has 1 aliphatic carbocycles. The first-order valence-corrected chi connectivity index (χ1v) is 14.3. The molecular formula is C32H26F5N9. The second-order valence-corrected chi connectivity index (χ2v) is 11.9. The summed E-state index contributed by atoms with van der Waals surface area (Å²) in [6.45, 7) is 1.53. The maximum atomic E-state index is 13.9. The predicted molar refractivity (Wildman–Crippen MR) is 160 cm³/mol. The van der Waals surface area contributed by atoms with Gasteiger partial charge in [-0.2, -0.15) is 23.7 Å². The monoisotopic (exact) mass is 631 g/mol. The van der Waals surface area contributed by atoms with Crippen LogP contribution < -0.4 is 10.6 Å². The van der Waals surface area contributed by atoms with Gasteiger partial charge in [0.1, 0.15) is 23.4 Å². The molecule has 6 rings (SSSR count). The van der Waals surface area contributed by atoms with E-state index in [4.69, 9.17) is 0 Å². The highest BCUT2D eigenvalue weighted by Gasteiger charge is 2.54. The molecule has 1 unspecified atom stereocenters. The number of fused-ring (bicyclic) bond motifs is 2. The largest absolute Gasteiger partial charge is 0.395 e. The van der Waals surface area contributed by atoms with Crippen molar-refractivity contribution in [1.29, 1.82) is 10.5 Å². The maximum absolute atomic E-state index is 13.9. The van der Waals surface area contributed by atoms with Crippen molar-refractivity contribution in [2.24, 2.45) is 5.41 Å². The molecule has 234 valence electrons. The third kappa shape index (κ3) is 5.30. The fraction of sp³-hybridized carbons (Fsp3) is 0.312. The van der Waals surface area contributed by atoms with Crippen LogP contribution in [0.1, 0.15) is 55.1 Å². The zero-order chi connectivity index (χ0) is 32.9. The topological polar surface area (TPSA) is 128 Å². The summed E-state index contributed by atoms with van der Waals surface area (Å²) in [5, 5.41) is 35.3. The number of hydrogen-bond acceptors (Lipinski definition) is 8. The molecule has 1 fully saturated rings. The average molecular weight is 632 g/mol. The molecule has 2 aromatic carbocycles. The zero-order valence-corrected chi connectivity index (χ0v) is 24.6. The van der Waals surface area contributed by atoms with Crippen molar-refractivity contribution in [2.45, 2.75) is 50.9 Å². The van der Waals surface area contributed by atoms with Gasteiger partial charge >= 0.3 is 6.18 Å². The van der Waals surface area contributed by atoms with Crippen LogP contribution in [0.3, 0.4) is 0 Å². The first-order valence-electron chi connectivity index (χ1n) is 14.3. The number of hydrogen-bond donors (Lipinski definition) is 2. The van der Waals surface area contributed by atoms with Crippen molar-refractivity contribution < 1.29 is 22.0 Å². The van der Waals surface area contributed by atoms with Gasteiger partial charge in [0.05, 0.1) is 45.5 Å². The Morgan fingerprint density at radius 3 is 2.43 bits per heavy atom. The van der Waals surface area contributed by atoms with Crippen LogP contribution in [-0.2, 0) is 5.54 Å². The van der Waals surface area contributed by atoms with E-state index in [2.05, 4.69) is 37.0 Å². The molecule has 0 radical (unpaired) electrons. The lowest BCUT2D eigenvalue weighted by molar-refractivity contribution is -0.206. The molecule has 0 amide bonds. The fourth-order valence-electron chi connectivity index (χ4n) is 5.31. The van der Waals surface area contributed by atoms with Gasteiger partial charge in [-0.15, -0.1) is 5.10 Å². The van der Waals surface area contributed by atoms with Gasteiger partial charge in [-0.05, 0) is 56.5 Å². The Balaban J connectivity index is 1.49. The molecular weight excluding hydrogens is 605 g/mol. The molecule has 0 spiro atoms. The van der Waals surface area contributed by atoms with Gasteiger partial charge in [-0.1, -0.05) is 23.4 Å². The Hall–Kier alpha value is -5.37. The highest BCUT2D eigenvalue weighted by atomic mass is 19.4. The van der Waals surface area contributed by atoms with Gasteiger partial charge in [-0.25, -0.2) is 13.5 Å². The zero-order valence-electron chi connectivity index (χ0n) is 24.6. The summed E-state index contributed by atoms with van der Waals surface area (Å²) in [5.74, 6) is 0. The van der Waals surface area contributed by atoms with Gasteiger partial charge < -0.3 is 10.6 Å². The van der Waals surface area contributed by atoms with Crippen LogP contribution in [0.25, 0.3) is 21.8 Å². The minimum atomic E-state index is -4.53.